The Balaban J connectivity index is 1.83. The number of aromatic nitrogens is 2. The molecule has 2 aliphatic rings. The average Bonchev–Trinajstić information content (AvgIpc) is 3.07. The fraction of sp³-hybridized carbons (Fsp3) is 0.208. The van der Waals surface area contributed by atoms with Crippen molar-refractivity contribution < 1.29 is 14.8 Å². The normalized spacial score (nSPS) is 16.4. The lowest BCUT2D eigenvalue weighted by molar-refractivity contribution is -0.364. The lowest BCUT2D eigenvalue weighted by atomic mass is 9.81. The lowest BCUT2D eigenvalue weighted by Crippen LogP contribution is -2.72. The molecule has 0 amide bonds. The SMILES string of the molecule is COCCCn1c2c(c(=O)[nH]c1=O)C(c1ccc(Cl)cc1)C1=C(O)c3ccccc3C1=[NH+]2. The first-order valence-electron chi connectivity index (χ1n) is 10.3. The van der Waals surface area contributed by atoms with Crippen LogP contribution in [-0.4, -0.2) is 34.1 Å². The van der Waals surface area contributed by atoms with Gasteiger partial charge in [0.1, 0.15) is 17.0 Å². The summed E-state index contributed by atoms with van der Waals surface area (Å²) in [5, 5.41) is 11.7. The van der Waals surface area contributed by atoms with Gasteiger partial charge in [-0.1, -0.05) is 41.9 Å². The number of halogens is 1. The average molecular weight is 451 g/mol. The summed E-state index contributed by atoms with van der Waals surface area (Å²) in [5.41, 5.74) is 2.98. The standard InChI is InChI=1S/C24H20ClN3O4/c1-32-12-4-11-28-22-19(23(30)27-24(28)31)17(13-7-9-14(25)10-8-13)18-20(26-22)15-5-2-3-6-16(15)21(18)29/h2-3,5-10,17,29H,4,11-12H2,1H3,(H,27,30,31)/p+1. The summed E-state index contributed by atoms with van der Waals surface area (Å²) < 4.78 is 6.67. The maximum absolute atomic E-state index is 13.1. The van der Waals surface area contributed by atoms with Crippen molar-refractivity contribution in [2.45, 2.75) is 18.9 Å². The predicted octanol–water partition coefficient (Wildman–Crippen LogP) is 1.86. The van der Waals surface area contributed by atoms with E-state index in [1.54, 1.807) is 19.2 Å². The molecule has 1 atom stereocenters. The van der Waals surface area contributed by atoms with Crippen molar-refractivity contribution in [1.29, 1.82) is 0 Å². The molecule has 3 N–H and O–H groups in total. The summed E-state index contributed by atoms with van der Waals surface area (Å²) in [4.78, 5) is 31.6. The largest absolute Gasteiger partial charge is 0.507 e. The maximum Gasteiger partial charge on any atom is 0.415 e. The minimum atomic E-state index is -0.580. The van der Waals surface area contributed by atoms with Gasteiger partial charge in [0.25, 0.3) is 11.4 Å². The number of aliphatic hydroxyl groups is 1. The van der Waals surface area contributed by atoms with Gasteiger partial charge in [0.05, 0.1) is 18.0 Å². The van der Waals surface area contributed by atoms with Crippen LogP contribution < -0.4 is 16.2 Å². The van der Waals surface area contributed by atoms with Gasteiger partial charge in [0.15, 0.2) is 0 Å². The van der Waals surface area contributed by atoms with Crippen molar-refractivity contribution in [3.8, 4) is 0 Å². The van der Waals surface area contributed by atoms with Crippen molar-refractivity contribution in [3.63, 3.8) is 0 Å². The number of fused-ring (bicyclic) bond motifs is 4. The summed E-state index contributed by atoms with van der Waals surface area (Å²) in [6.07, 6.45) is 0.599. The predicted molar refractivity (Wildman–Crippen MR) is 122 cm³/mol. The summed E-state index contributed by atoms with van der Waals surface area (Å²) >= 11 is 6.11. The van der Waals surface area contributed by atoms with Gasteiger partial charge < -0.3 is 9.84 Å². The summed E-state index contributed by atoms with van der Waals surface area (Å²) in [5.74, 6) is -0.0350. The highest BCUT2D eigenvalue weighted by atomic mass is 35.5. The van der Waals surface area contributed by atoms with Gasteiger partial charge in [-0.3, -0.25) is 9.78 Å². The number of benzene rings is 2. The lowest BCUT2D eigenvalue weighted by Gasteiger charge is -2.23. The third-order valence-corrected chi connectivity index (χ3v) is 6.22. The Morgan fingerprint density at radius 1 is 1.12 bits per heavy atom. The highest BCUT2D eigenvalue weighted by Gasteiger charge is 2.44. The third-order valence-electron chi connectivity index (χ3n) is 5.97. The molecule has 7 nitrogen and oxygen atoms in total. The number of H-pyrrole nitrogens is 1. The summed E-state index contributed by atoms with van der Waals surface area (Å²) in [6, 6.07) is 14.7. The number of methoxy groups -OCH3 is 1. The van der Waals surface area contributed by atoms with Crippen molar-refractivity contribution in [1.82, 2.24) is 9.55 Å². The zero-order chi connectivity index (χ0) is 22.4. The summed E-state index contributed by atoms with van der Waals surface area (Å²) in [7, 11) is 1.60. The van der Waals surface area contributed by atoms with E-state index >= 15 is 0 Å². The highest BCUT2D eigenvalue weighted by molar-refractivity contribution is 6.30. The Bertz CT molecular complexity index is 1400. The molecule has 2 heterocycles. The fourth-order valence-electron chi connectivity index (χ4n) is 4.55. The van der Waals surface area contributed by atoms with Crippen LogP contribution in [-0.2, 0) is 11.3 Å². The van der Waals surface area contributed by atoms with Crippen LogP contribution in [0.5, 0.6) is 0 Å². The van der Waals surface area contributed by atoms with Crippen LogP contribution in [0.3, 0.4) is 0 Å². The number of aromatic amines is 1. The number of hydrogen-bond donors (Lipinski definition) is 3. The van der Waals surface area contributed by atoms with Crippen LogP contribution >= 0.6 is 11.6 Å². The smallest absolute Gasteiger partial charge is 0.415 e. The Morgan fingerprint density at radius 3 is 2.56 bits per heavy atom. The first-order chi connectivity index (χ1) is 15.5. The first kappa shape index (κ1) is 20.5. The van der Waals surface area contributed by atoms with Crippen molar-refractivity contribution in [3.05, 3.63) is 102 Å². The molecule has 2 aromatic carbocycles. The van der Waals surface area contributed by atoms with Gasteiger partial charge >= 0.3 is 5.69 Å². The minimum Gasteiger partial charge on any atom is -0.507 e. The molecular weight excluding hydrogens is 430 g/mol. The quantitative estimate of drug-likeness (QED) is 0.517. The van der Waals surface area contributed by atoms with Crippen LogP contribution in [0.2, 0.25) is 5.02 Å². The maximum atomic E-state index is 13.1. The molecule has 0 spiro atoms. The van der Waals surface area contributed by atoms with Crippen molar-refractivity contribution >= 4 is 28.9 Å². The topological polar surface area (TPSA) is 98.3 Å². The second-order valence-corrected chi connectivity index (χ2v) is 8.25. The molecule has 0 bridgehead atoms. The van der Waals surface area contributed by atoms with E-state index in [0.29, 0.717) is 52.8 Å². The van der Waals surface area contributed by atoms with E-state index in [1.165, 1.54) is 4.57 Å². The minimum absolute atomic E-state index is 0.116. The van der Waals surface area contributed by atoms with Crippen molar-refractivity contribution in [2.75, 3.05) is 13.7 Å². The van der Waals surface area contributed by atoms with Gasteiger partial charge in [-0.05, 0) is 23.8 Å². The molecule has 1 aliphatic carbocycles. The number of nitrogens with zero attached hydrogens (tertiary/aromatic N) is 1. The van der Waals surface area contributed by atoms with E-state index in [0.717, 1.165) is 11.1 Å². The summed E-state index contributed by atoms with van der Waals surface area (Å²) in [6.45, 7) is 0.846. The fourth-order valence-corrected chi connectivity index (χ4v) is 4.68. The Labute approximate surface area is 188 Å². The zero-order valence-corrected chi connectivity index (χ0v) is 18.1. The van der Waals surface area contributed by atoms with E-state index in [1.807, 2.05) is 36.4 Å². The molecule has 162 valence electrons. The van der Waals surface area contributed by atoms with Gasteiger partial charge in [-0.2, -0.15) is 4.57 Å². The molecule has 1 aliphatic heterocycles. The molecule has 5 rings (SSSR count). The zero-order valence-electron chi connectivity index (χ0n) is 17.3. The number of rotatable bonds is 5. The highest BCUT2D eigenvalue weighted by Crippen LogP contribution is 2.43. The first-order valence-corrected chi connectivity index (χ1v) is 10.7. The van der Waals surface area contributed by atoms with E-state index in [2.05, 4.69) is 9.98 Å². The van der Waals surface area contributed by atoms with Gasteiger partial charge in [0, 0.05) is 36.3 Å². The molecular formula is C24H21ClN3O4+. The monoisotopic (exact) mass is 450 g/mol. The Morgan fingerprint density at radius 2 is 1.84 bits per heavy atom. The van der Waals surface area contributed by atoms with Crippen LogP contribution in [0.1, 0.15) is 34.6 Å². The molecule has 0 saturated heterocycles. The van der Waals surface area contributed by atoms with Crippen molar-refractivity contribution in [2.24, 2.45) is 0 Å². The van der Waals surface area contributed by atoms with E-state index < -0.39 is 17.2 Å². The van der Waals surface area contributed by atoms with Crippen LogP contribution in [0.25, 0.3) is 5.76 Å². The van der Waals surface area contributed by atoms with Gasteiger partial charge in [-0.25, -0.2) is 9.79 Å². The molecule has 32 heavy (non-hydrogen) atoms. The molecule has 0 fully saturated rings. The molecule has 1 unspecified atom stereocenters. The number of hydrogen-bond acceptors (Lipinski definition) is 4. The molecule has 8 heteroatoms. The number of allylic oxidation sites excluding steroid dienone is 1. The van der Waals surface area contributed by atoms with Crippen LogP contribution in [0.15, 0.2) is 63.7 Å². The number of nitrogens with one attached hydrogen (secondary N) is 2. The van der Waals surface area contributed by atoms with E-state index in [4.69, 9.17) is 16.3 Å². The van der Waals surface area contributed by atoms with Gasteiger partial charge in [0.2, 0.25) is 0 Å². The molecule has 1 aromatic heterocycles. The second-order valence-electron chi connectivity index (χ2n) is 7.81. The third kappa shape index (κ3) is 3.13. The van der Waals surface area contributed by atoms with Crippen LogP contribution in [0, 0.1) is 0 Å². The molecule has 3 aromatic rings. The van der Waals surface area contributed by atoms with Crippen LogP contribution in [0.4, 0.5) is 5.82 Å². The van der Waals surface area contributed by atoms with E-state index in [9.17, 15) is 14.7 Å². The molecule has 0 radical (unpaired) electrons. The second kappa shape index (κ2) is 7.93. The Hall–Kier alpha value is -3.42. The molecule has 0 saturated carbocycles. The van der Waals surface area contributed by atoms with E-state index in [-0.39, 0.29) is 5.76 Å². The number of aliphatic hydroxyl groups excluding tert-OH is 1. The number of ether oxygens (including phenoxy) is 1. The van der Waals surface area contributed by atoms with Gasteiger partial charge in [-0.15, -0.1) is 0 Å². The Kier molecular flexibility index (Phi) is 5.07.